The Morgan fingerprint density at radius 2 is 1.95 bits per heavy atom. The van der Waals surface area contributed by atoms with Gasteiger partial charge in [0.1, 0.15) is 0 Å². The Morgan fingerprint density at radius 1 is 1.24 bits per heavy atom. The van der Waals surface area contributed by atoms with Crippen molar-refractivity contribution < 1.29 is 8.42 Å². The predicted molar refractivity (Wildman–Crippen MR) is 88.7 cm³/mol. The molecule has 2 N–H and O–H groups in total. The van der Waals surface area contributed by atoms with Crippen LogP contribution < -0.4 is 10.0 Å². The third kappa shape index (κ3) is 4.68. The van der Waals surface area contributed by atoms with Crippen LogP contribution in [-0.2, 0) is 22.9 Å². The average molecular weight is 333 g/mol. The number of rotatable bonds is 6. The number of benzene rings is 1. The fourth-order valence-electron chi connectivity index (χ4n) is 2.67. The second kappa shape index (κ2) is 8.13. The standard InChI is InChI=1S/C15H24N2O2S.ClH/c1-3-12-7-8-15(10-13(12)4-2)20(18,19)17-11-14-6-5-9-16-14;/h7-8,10,14,16-17H,3-6,9,11H2,1-2H3;1H. The summed E-state index contributed by atoms with van der Waals surface area (Å²) >= 11 is 0. The van der Waals surface area contributed by atoms with Crippen molar-refractivity contribution in [3.05, 3.63) is 29.3 Å². The van der Waals surface area contributed by atoms with Crippen LogP contribution in [0.15, 0.2) is 23.1 Å². The number of nitrogens with one attached hydrogen (secondary N) is 2. The SMILES string of the molecule is CCc1ccc(S(=O)(=O)NCC2CCCN2)cc1CC.Cl. The summed E-state index contributed by atoms with van der Waals surface area (Å²) in [6.45, 7) is 5.60. The third-order valence-electron chi connectivity index (χ3n) is 3.93. The number of sulfonamides is 1. The van der Waals surface area contributed by atoms with Gasteiger partial charge in [0.05, 0.1) is 4.90 Å². The lowest BCUT2D eigenvalue weighted by Crippen LogP contribution is -2.37. The van der Waals surface area contributed by atoms with Gasteiger partial charge in [-0.3, -0.25) is 0 Å². The van der Waals surface area contributed by atoms with Crippen molar-refractivity contribution in [2.75, 3.05) is 13.1 Å². The minimum absolute atomic E-state index is 0. The molecule has 0 radical (unpaired) electrons. The second-order valence-electron chi connectivity index (χ2n) is 5.28. The Kier molecular flexibility index (Phi) is 7.13. The van der Waals surface area contributed by atoms with Gasteiger partial charge in [0.2, 0.25) is 10.0 Å². The Morgan fingerprint density at radius 3 is 2.52 bits per heavy atom. The summed E-state index contributed by atoms with van der Waals surface area (Å²) in [5.74, 6) is 0. The van der Waals surface area contributed by atoms with Crippen molar-refractivity contribution in [3.8, 4) is 0 Å². The first-order valence-electron chi connectivity index (χ1n) is 7.41. The molecule has 21 heavy (non-hydrogen) atoms. The molecule has 1 saturated heterocycles. The summed E-state index contributed by atoms with van der Waals surface area (Å²) in [6, 6.07) is 5.72. The van der Waals surface area contributed by atoms with E-state index in [-0.39, 0.29) is 18.4 Å². The monoisotopic (exact) mass is 332 g/mol. The lowest BCUT2D eigenvalue weighted by atomic mass is 10.0. The lowest BCUT2D eigenvalue weighted by molar-refractivity contribution is 0.551. The smallest absolute Gasteiger partial charge is 0.240 e. The maximum Gasteiger partial charge on any atom is 0.240 e. The molecule has 0 amide bonds. The van der Waals surface area contributed by atoms with Gasteiger partial charge in [-0.2, -0.15) is 0 Å². The number of aryl methyl sites for hydroxylation is 2. The zero-order valence-electron chi connectivity index (χ0n) is 12.7. The first-order chi connectivity index (χ1) is 9.56. The molecule has 6 heteroatoms. The average Bonchev–Trinajstić information content (AvgIpc) is 2.97. The molecule has 0 aliphatic carbocycles. The zero-order valence-corrected chi connectivity index (χ0v) is 14.3. The highest BCUT2D eigenvalue weighted by molar-refractivity contribution is 7.89. The Hall–Kier alpha value is -0.620. The molecule has 4 nitrogen and oxygen atoms in total. The fraction of sp³-hybridized carbons (Fsp3) is 0.600. The predicted octanol–water partition coefficient (Wildman–Crippen LogP) is 2.26. The van der Waals surface area contributed by atoms with Crippen LogP contribution in [0, 0.1) is 0 Å². The molecular weight excluding hydrogens is 308 g/mol. The molecule has 0 spiro atoms. The van der Waals surface area contributed by atoms with E-state index < -0.39 is 10.0 Å². The normalized spacial score (nSPS) is 18.5. The molecule has 1 atom stereocenters. The summed E-state index contributed by atoms with van der Waals surface area (Å²) < 4.78 is 27.4. The summed E-state index contributed by atoms with van der Waals surface area (Å²) in [6.07, 6.45) is 3.95. The van der Waals surface area contributed by atoms with E-state index in [1.807, 2.05) is 12.1 Å². The largest absolute Gasteiger partial charge is 0.313 e. The van der Waals surface area contributed by atoms with Crippen molar-refractivity contribution >= 4 is 22.4 Å². The van der Waals surface area contributed by atoms with Crippen LogP contribution in [0.2, 0.25) is 0 Å². The van der Waals surface area contributed by atoms with Crippen LogP contribution in [0.5, 0.6) is 0 Å². The van der Waals surface area contributed by atoms with Crippen molar-refractivity contribution in [3.63, 3.8) is 0 Å². The third-order valence-corrected chi connectivity index (χ3v) is 5.35. The molecule has 0 bridgehead atoms. The minimum atomic E-state index is -3.40. The van der Waals surface area contributed by atoms with Gasteiger partial charge in [0, 0.05) is 12.6 Å². The van der Waals surface area contributed by atoms with E-state index in [9.17, 15) is 8.42 Å². The molecule has 1 fully saturated rings. The van der Waals surface area contributed by atoms with Gasteiger partial charge in [-0.15, -0.1) is 12.4 Å². The molecule has 0 aromatic heterocycles. The summed E-state index contributed by atoms with van der Waals surface area (Å²) in [4.78, 5) is 0.379. The lowest BCUT2D eigenvalue weighted by Gasteiger charge is -2.13. The summed E-state index contributed by atoms with van der Waals surface area (Å²) in [7, 11) is -3.40. The summed E-state index contributed by atoms with van der Waals surface area (Å²) in [5.41, 5.74) is 2.35. The van der Waals surface area contributed by atoms with E-state index >= 15 is 0 Å². The Bertz CT molecular complexity index is 555. The molecule has 0 saturated carbocycles. The number of halogens is 1. The highest BCUT2D eigenvalue weighted by atomic mass is 35.5. The minimum Gasteiger partial charge on any atom is -0.313 e. The maximum absolute atomic E-state index is 12.3. The van der Waals surface area contributed by atoms with E-state index in [1.54, 1.807) is 6.07 Å². The van der Waals surface area contributed by atoms with Crippen LogP contribution in [0.4, 0.5) is 0 Å². The second-order valence-corrected chi connectivity index (χ2v) is 7.05. The van der Waals surface area contributed by atoms with E-state index in [0.29, 0.717) is 11.4 Å². The molecule has 1 unspecified atom stereocenters. The van der Waals surface area contributed by atoms with E-state index in [1.165, 1.54) is 5.56 Å². The molecule has 120 valence electrons. The fourth-order valence-corrected chi connectivity index (χ4v) is 3.80. The molecule has 1 aliphatic rings. The van der Waals surface area contributed by atoms with Gasteiger partial charge < -0.3 is 5.32 Å². The van der Waals surface area contributed by atoms with Crippen molar-refractivity contribution in [1.82, 2.24) is 10.0 Å². The van der Waals surface area contributed by atoms with Gasteiger partial charge in [-0.25, -0.2) is 13.1 Å². The maximum atomic E-state index is 12.3. The number of hydrogen-bond donors (Lipinski definition) is 2. The summed E-state index contributed by atoms with van der Waals surface area (Å²) in [5, 5.41) is 3.29. The van der Waals surface area contributed by atoms with Gasteiger partial charge in [-0.1, -0.05) is 19.9 Å². The molecule has 1 aromatic rings. The number of hydrogen-bond acceptors (Lipinski definition) is 3. The van der Waals surface area contributed by atoms with Crippen molar-refractivity contribution in [1.29, 1.82) is 0 Å². The molecule has 1 aliphatic heterocycles. The van der Waals surface area contributed by atoms with Gasteiger partial charge in [0.15, 0.2) is 0 Å². The van der Waals surface area contributed by atoms with Crippen molar-refractivity contribution in [2.45, 2.75) is 50.5 Å². The molecule has 2 rings (SSSR count). The van der Waals surface area contributed by atoms with E-state index in [4.69, 9.17) is 0 Å². The van der Waals surface area contributed by atoms with Crippen LogP contribution in [0.25, 0.3) is 0 Å². The quantitative estimate of drug-likeness (QED) is 0.840. The topological polar surface area (TPSA) is 58.2 Å². The van der Waals surface area contributed by atoms with Gasteiger partial charge >= 0.3 is 0 Å². The Labute approximate surface area is 134 Å². The van der Waals surface area contributed by atoms with Crippen LogP contribution >= 0.6 is 12.4 Å². The Balaban J connectivity index is 0.00000220. The van der Waals surface area contributed by atoms with Crippen LogP contribution in [0.1, 0.15) is 37.8 Å². The van der Waals surface area contributed by atoms with Gasteiger partial charge in [0.25, 0.3) is 0 Å². The van der Waals surface area contributed by atoms with E-state index in [0.717, 1.165) is 37.8 Å². The first kappa shape index (κ1) is 18.4. The first-order valence-corrected chi connectivity index (χ1v) is 8.90. The van der Waals surface area contributed by atoms with Crippen LogP contribution in [-0.4, -0.2) is 27.5 Å². The van der Waals surface area contributed by atoms with Crippen molar-refractivity contribution in [2.24, 2.45) is 0 Å². The van der Waals surface area contributed by atoms with Gasteiger partial charge in [-0.05, 0) is 55.5 Å². The molecule has 1 aromatic carbocycles. The molecular formula is C15H25ClN2O2S. The molecule has 1 heterocycles. The zero-order chi connectivity index (χ0) is 14.6. The highest BCUT2D eigenvalue weighted by Crippen LogP contribution is 2.17. The highest BCUT2D eigenvalue weighted by Gasteiger charge is 2.19. The van der Waals surface area contributed by atoms with Crippen LogP contribution in [0.3, 0.4) is 0 Å². The van der Waals surface area contributed by atoms with E-state index in [2.05, 4.69) is 23.9 Å².